The quantitative estimate of drug-likeness (QED) is 0.807. The van der Waals surface area contributed by atoms with Gasteiger partial charge in [-0.1, -0.05) is 29.3 Å². The zero-order valence-electron chi connectivity index (χ0n) is 13.4. The molecule has 1 heterocycles. The van der Waals surface area contributed by atoms with Crippen LogP contribution in [0.1, 0.15) is 50.5 Å². The maximum absolute atomic E-state index is 12.7. The van der Waals surface area contributed by atoms with E-state index in [0.717, 1.165) is 25.7 Å². The van der Waals surface area contributed by atoms with Gasteiger partial charge in [-0.3, -0.25) is 4.79 Å². The van der Waals surface area contributed by atoms with Gasteiger partial charge in [0.2, 0.25) is 5.91 Å². The Labute approximate surface area is 151 Å². The molecule has 0 bridgehead atoms. The Morgan fingerprint density at radius 2 is 1.96 bits per heavy atom. The third-order valence-electron chi connectivity index (χ3n) is 4.60. The van der Waals surface area contributed by atoms with Crippen LogP contribution in [0.4, 0.5) is 0 Å². The van der Waals surface area contributed by atoms with Crippen LogP contribution in [0.25, 0.3) is 0 Å². The van der Waals surface area contributed by atoms with Crippen LogP contribution < -0.4 is 5.32 Å². The molecule has 0 aromatic heterocycles. The van der Waals surface area contributed by atoms with Crippen LogP contribution in [-0.4, -0.2) is 18.0 Å². The van der Waals surface area contributed by atoms with Crippen molar-refractivity contribution in [3.05, 3.63) is 45.1 Å². The van der Waals surface area contributed by atoms with E-state index in [1.807, 2.05) is 0 Å². The first-order chi connectivity index (χ1) is 11.5. The molecule has 0 spiro atoms. The van der Waals surface area contributed by atoms with Crippen LogP contribution in [-0.2, 0) is 14.3 Å². The number of nitrogens with one attached hydrogen (secondary N) is 1. The third-order valence-corrected chi connectivity index (χ3v) is 5.17. The van der Waals surface area contributed by atoms with E-state index >= 15 is 0 Å². The van der Waals surface area contributed by atoms with Gasteiger partial charge in [-0.25, -0.2) is 4.79 Å². The second kappa shape index (κ2) is 7.16. The van der Waals surface area contributed by atoms with E-state index in [0.29, 0.717) is 26.9 Å². The lowest BCUT2D eigenvalue weighted by Gasteiger charge is -2.28. The third kappa shape index (κ3) is 3.60. The molecule has 2 aliphatic rings. The highest BCUT2D eigenvalue weighted by Crippen LogP contribution is 2.38. The Morgan fingerprint density at radius 3 is 2.62 bits per heavy atom. The van der Waals surface area contributed by atoms with E-state index in [1.54, 1.807) is 25.1 Å². The van der Waals surface area contributed by atoms with Crippen molar-refractivity contribution in [1.82, 2.24) is 5.32 Å². The molecule has 6 heteroatoms. The number of hydrogen-bond acceptors (Lipinski definition) is 3. The van der Waals surface area contributed by atoms with Crippen molar-refractivity contribution in [3.8, 4) is 0 Å². The number of benzene rings is 1. The second-order valence-corrected chi connectivity index (χ2v) is 7.16. The summed E-state index contributed by atoms with van der Waals surface area (Å²) in [6.07, 6.45) is 4.09. The van der Waals surface area contributed by atoms with Gasteiger partial charge in [-0.2, -0.15) is 0 Å². The molecule has 1 aliphatic heterocycles. The molecule has 4 nitrogen and oxygen atoms in total. The zero-order valence-corrected chi connectivity index (χ0v) is 14.9. The Balaban J connectivity index is 1.93. The Bertz CT molecular complexity index is 708. The first kappa shape index (κ1) is 17.3. The van der Waals surface area contributed by atoms with Crippen LogP contribution in [0.2, 0.25) is 10.0 Å². The van der Waals surface area contributed by atoms with Crippen molar-refractivity contribution in [2.45, 2.75) is 51.0 Å². The van der Waals surface area contributed by atoms with Crippen LogP contribution in [0.15, 0.2) is 29.5 Å². The van der Waals surface area contributed by atoms with Crippen molar-refractivity contribution in [1.29, 1.82) is 0 Å². The highest BCUT2D eigenvalue weighted by molar-refractivity contribution is 6.35. The molecule has 1 fully saturated rings. The smallest absolute Gasteiger partial charge is 0.336 e. The average molecular weight is 368 g/mol. The van der Waals surface area contributed by atoms with E-state index < -0.39 is 5.92 Å². The lowest BCUT2D eigenvalue weighted by molar-refractivity contribution is -0.144. The van der Waals surface area contributed by atoms with Crippen LogP contribution >= 0.6 is 23.2 Å². The van der Waals surface area contributed by atoms with Gasteiger partial charge >= 0.3 is 5.97 Å². The first-order valence-electron chi connectivity index (χ1n) is 8.12. The predicted octanol–water partition coefficient (Wildman–Crippen LogP) is 4.36. The summed E-state index contributed by atoms with van der Waals surface area (Å²) >= 11 is 12.3. The topological polar surface area (TPSA) is 55.4 Å². The van der Waals surface area contributed by atoms with Gasteiger partial charge < -0.3 is 10.1 Å². The summed E-state index contributed by atoms with van der Waals surface area (Å²) in [7, 11) is 0. The number of carbonyl (C=O) groups is 2. The van der Waals surface area contributed by atoms with E-state index in [4.69, 9.17) is 27.9 Å². The maximum atomic E-state index is 12.7. The predicted molar refractivity (Wildman–Crippen MR) is 93.0 cm³/mol. The standard InChI is InChI=1S/C18H19Cl2NO3/c1-10-17(18(23)24-12-4-2-3-5-12)14(9-16(22)21-10)13-7-6-11(19)8-15(13)20/h6-8,12,14H,2-5,9H2,1H3,(H,21,22)/t14-/m0/s1. The number of allylic oxidation sites excluding steroid dienone is 1. The largest absolute Gasteiger partial charge is 0.459 e. The zero-order chi connectivity index (χ0) is 17.3. The molecule has 24 heavy (non-hydrogen) atoms. The Hall–Kier alpha value is -1.52. The monoisotopic (exact) mass is 367 g/mol. The SMILES string of the molecule is CC1=C(C(=O)OC2CCCC2)[C@H](c2ccc(Cl)cc2Cl)CC(=O)N1. The molecule has 1 aromatic rings. The van der Waals surface area contributed by atoms with Crippen molar-refractivity contribution >= 4 is 35.1 Å². The minimum absolute atomic E-state index is 0.0308. The molecule has 1 N–H and O–H groups in total. The summed E-state index contributed by atoms with van der Waals surface area (Å²) < 4.78 is 5.65. The lowest BCUT2D eigenvalue weighted by Crippen LogP contribution is -2.35. The number of halogens is 2. The van der Waals surface area contributed by atoms with E-state index in [1.165, 1.54) is 0 Å². The summed E-state index contributed by atoms with van der Waals surface area (Å²) in [6.45, 7) is 1.72. The molecular weight excluding hydrogens is 349 g/mol. The van der Waals surface area contributed by atoms with E-state index in [2.05, 4.69) is 5.32 Å². The molecule has 1 amide bonds. The first-order valence-corrected chi connectivity index (χ1v) is 8.88. The number of hydrogen-bond donors (Lipinski definition) is 1. The summed E-state index contributed by atoms with van der Waals surface area (Å²) in [5.74, 6) is -0.922. The number of esters is 1. The van der Waals surface area contributed by atoms with Gasteiger partial charge in [0, 0.05) is 28.1 Å². The minimum Gasteiger partial charge on any atom is -0.459 e. The molecular formula is C18H19Cl2NO3. The summed E-state index contributed by atoms with van der Waals surface area (Å²) in [6, 6.07) is 5.11. The van der Waals surface area contributed by atoms with Crippen molar-refractivity contribution in [2.24, 2.45) is 0 Å². The summed E-state index contributed by atoms with van der Waals surface area (Å²) in [5, 5.41) is 3.70. The molecule has 0 unspecified atom stereocenters. The van der Waals surface area contributed by atoms with Crippen molar-refractivity contribution in [2.75, 3.05) is 0 Å². The average Bonchev–Trinajstić information content (AvgIpc) is 2.99. The number of carbonyl (C=O) groups excluding carboxylic acids is 2. The number of ether oxygens (including phenoxy) is 1. The summed E-state index contributed by atoms with van der Waals surface area (Å²) in [4.78, 5) is 24.7. The molecule has 0 radical (unpaired) electrons. The van der Waals surface area contributed by atoms with E-state index in [-0.39, 0.29) is 24.4 Å². The lowest BCUT2D eigenvalue weighted by atomic mass is 9.84. The van der Waals surface area contributed by atoms with Crippen molar-refractivity contribution in [3.63, 3.8) is 0 Å². The fourth-order valence-corrected chi connectivity index (χ4v) is 3.98. The molecule has 3 rings (SSSR count). The molecule has 0 saturated heterocycles. The van der Waals surface area contributed by atoms with Crippen LogP contribution in [0.3, 0.4) is 0 Å². The van der Waals surface area contributed by atoms with Gasteiger partial charge in [0.05, 0.1) is 5.57 Å². The van der Waals surface area contributed by atoms with Gasteiger partial charge in [-0.15, -0.1) is 0 Å². The molecule has 128 valence electrons. The fourth-order valence-electron chi connectivity index (χ4n) is 3.44. The molecule has 1 aromatic carbocycles. The molecule has 1 saturated carbocycles. The van der Waals surface area contributed by atoms with Crippen molar-refractivity contribution < 1.29 is 14.3 Å². The van der Waals surface area contributed by atoms with Gasteiger partial charge in [0.25, 0.3) is 0 Å². The second-order valence-electron chi connectivity index (χ2n) is 6.32. The highest BCUT2D eigenvalue weighted by Gasteiger charge is 2.35. The Morgan fingerprint density at radius 1 is 1.25 bits per heavy atom. The van der Waals surface area contributed by atoms with Gasteiger partial charge in [0.15, 0.2) is 0 Å². The van der Waals surface area contributed by atoms with Gasteiger partial charge in [-0.05, 0) is 50.3 Å². The molecule has 1 aliphatic carbocycles. The van der Waals surface area contributed by atoms with E-state index in [9.17, 15) is 9.59 Å². The highest BCUT2D eigenvalue weighted by atomic mass is 35.5. The number of amides is 1. The van der Waals surface area contributed by atoms with Gasteiger partial charge in [0.1, 0.15) is 6.10 Å². The van der Waals surface area contributed by atoms with Crippen LogP contribution in [0, 0.1) is 0 Å². The number of rotatable bonds is 3. The normalized spacial score (nSPS) is 21.8. The fraction of sp³-hybridized carbons (Fsp3) is 0.444. The minimum atomic E-state index is -0.419. The Kier molecular flexibility index (Phi) is 5.16. The molecule has 1 atom stereocenters. The van der Waals surface area contributed by atoms with Crippen LogP contribution in [0.5, 0.6) is 0 Å². The summed E-state index contributed by atoms with van der Waals surface area (Å²) in [5.41, 5.74) is 1.73. The maximum Gasteiger partial charge on any atom is 0.336 e.